The molecular weight excluding hydrogens is 342 g/mol. The van der Waals surface area contributed by atoms with Gasteiger partial charge in [0.15, 0.2) is 5.11 Å². The minimum atomic E-state index is -0.594. The molecule has 1 heterocycles. The highest BCUT2D eigenvalue weighted by molar-refractivity contribution is 7.80. The molecule has 2 aromatic carbocycles. The van der Waals surface area contributed by atoms with Crippen molar-refractivity contribution in [3.8, 4) is 0 Å². The Hall–Kier alpha value is -2.31. The first-order chi connectivity index (χ1) is 11.0. The van der Waals surface area contributed by atoms with Crippen molar-refractivity contribution in [3.05, 3.63) is 70.4 Å². The standard InChI is InChI=1S/C16H9ClF2N2OS/c17-11-8-10(5-6-13(11)19)21-15(22)14(20-16(21)23)7-9-3-1-2-4-12(9)18/h1-8H,(H,20,23)/b14-7-. The molecule has 0 aliphatic carbocycles. The van der Waals surface area contributed by atoms with Crippen LogP contribution in [-0.4, -0.2) is 11.0 Å². The predicted octanol–water partition coefficient (Wildman–Crippen LogP) is 3.88. The van der Waals surface area contributed by atoms with Crippen molar-refractivity contribution in [3.63, 3.8) is 0 Å². The number of rotatable bonds is 2. The van der Waals surface area contributed by atoms with Gasteiger partial charge in [-0.1, -0.05) is 29.8 Å². The number of nitrogens with zero attached hydrogens (tertiary/aromatic N) is 1. The van der Waals surface area contributed by atoms with Crippen LogP contribution in [0.25, 0.3) is 6.08 Å². The average molecular weight is 351 g/mol. The van der Waals surface area contributed by atoms with Gasteiger partial charge in [0.25, 0.3) is 5.91 Å². The van der Waals surface area contributed by atoms with Crippen molar-refractivity contribution in [1.82, 2.24) is 5.32 Å². The number of anilines is 1. The van der Waals surface area contributed by atoms with Crippen molar-refractivity contribution in [2.45, 2.75) is 0 Å². The summed E-state index contributed by atoms with van der Waals surface area (Å²) in [6.45, 7) is 0. The van der Waals surface area contributed by atoms with Gasteiger partial charge in [0.2, 0.25) is 0 Å². The fourth-order valence-electron chi connectivity index (χ4n) is 2.14. The molecule has 1 aliphatic rings. The first-order valence-corrected chi connectivity index (χ1v) is 7.32. The van der Waals surface area contributed by atoms with E-state index in [-0.39, 0.29) is 21.4 Å². The maximum absolute atomic E-state index is 13.7. The van der Waals surface area contributed by atoms with E-state index >= 15 is 0 Å². The van der Waals surface area contributed by atoms with Crippen molar-refractivity contribution in [2.24, 2.45) is 0 Å². The quantitative estimate of drug-likeness (QED) is 0.659. The zero-order chi connectivity index (χ0) is 16.6. The van der Waals surface area contributed by atoms with Crippen LogP contribution in [0.3, 0.4) is 0 Å². The highest BCUT2D eigenvalue weighted by atomic mass is 35.5. The Morgan fingerprint density at radius 1 is 1.13 bits per heavy atom. The summed E-state index contributed by atoms with van der Waals surface area (Å²) in [5, 5.41) is 2.72. The van der Waals surface area contributed by atoms with E-state index in [1.165, 1.54) is 35.2 Å². The minimum Gasteiger partial charge on any atom is -0.327 e. The number of carbonyl (C=O) groups excluding carboxylic acids is 1. The van der Waals surface area contributed by atoms with Crippen LogP contribution in [0.2, 0.25) is 5.02 Å². The molecule has 0 atom stereocenters. The molecule has 1 aliphatic heterocycles. The van der Waals surface area contributed by atoms with Crippen molar-refractivity contribution in [2.75, 3.05) is 4.90 Å². The van der Waals surface area contributed by atoms with Crippen molar-refractivity contribution in [1.29, 1.82) is 0 Å². The molecule has 0 saturated carbocycles. The Morgan fingerprint density at radius 2 is 1.87 bits per heavy atom. The fourth-order valence-corrected chi connectivity index (χ4v) is 2.61. The van der Waals surface area contributed by atoms with E-state index in [4.69, 9.17) is 23.8 Å². The van der Waals surface area contributed by atoms with Crippen LogP contribution in [-0.2, 0) is 4.79 Å². The second kappa shape index (κ2) is 6.06. The molecule has 2 aromatic rings. The Morgan fingerprint density at radius 3 is 2.57 bits per heavy atom. The molecule has 0 aromatic heterocycles. The van der Waals surface area contributed by atoms with Crippen LogP contribution in [0.15, 0.2) is 48.2 Å². The Bertz CT molecular complexity index is 854. The Kier molecular flexibility index (Phi) is 4.11. The van der Waals surface area contributed by atoms with Crippen LogP contribution in [0, 0.1) is 11.6 Å². The van der Waals surface area contributed by atoms with Gasteiger partial charge in [-0.25, -0.2) is 8.78 Å². The molecule has 0 bridgehead atoms. The summed E-state index contributed by atoms with van der Waals surface area (Å²) in [5.74, 6) is -1.52. The molecule has 7 heteroatoms. The third-order valence-corrected chi connectivity index (χ3v) is 3.82. The van der Waals surface area contributed by atoms with Gasteiger partial charge in [-0.05, 0) is 42.6 Å². The van der Waals surface area contributed by atoms with Crippen LogP contribution in [0.1, 0.15) is 5.56 Å². The maximum atomic E-state index is 13.7. The van der Waals surface area contributed by atoms with E-state index in [2.05, 4.69) is 5.32 Å². The van der Waals surface area contributed by atoms with Gasteiger partial charge < -0.3 is 5.32 Å². The minimum absolute atomic E-state index is 0.111. The fraction of sp³-hybridized carbons (Fsp3) is 0. The summed E-state index contributed by atoms with van der Waals surface area (Å²) in [7, 11) is 0. The molecule has 1 saturated heterocycles. The lowest BCUT2D eigenvalue weighted by Gasteiger charge is -2.14. The second-order valence-corrected chi connectivity index (χ2v) is 5.54. The molecule has 1 amide bonds. The van der Waals surface area contributed by atoms with E-state index < -0.39 is 17.5 Å². The molecule has 0 spiro atoms. The largest absolute Gasteiger partial charge is 0.327 e. The van der Waals surface area contributed by atoms with Crippen molar-refractivity contribution >= 4 is 46.6 Å². The predicted molar refractivity (Wildman–Crippen MR) is 89.0 cm³/mol. The first-order valence-electron chi connectivity index (χ1n) is 6.54. The normalized spacial score (nSPS) is 16.1. The monoisotopic (exact) mass is 350 g/mol. The van der Waals surface area contributed by atoms with E-state index in [1.807, 2.05) is 0 Å². The number of benzene rings is 2. The summed E-state index contributed by atoms with van der Waals surface area (Å²) in [4.78, 5) is 13.7. The molecule has 116 valence electrons. The average Bonchev–Trinajstić information content (AvgIpc) is 2.79. The van der Waals surface area contributed by atoms with Gasteiger partial charge in [-0.2, -0.15) is 0 Å². The molecular formula is C16H9ClF2N2OS. The van der Waals surface area contributed by atoms with Crippen LogP contribution < -0.4 is 10.2 Å². The lowest BCUT2D eigenvalue weighted by Crippen LogP contribution is -2.30. The molecule has 1 N–H and O–H groups in total. The highest BCUT2D eigenvalue weighted by Crippen LogP contribution is 2.27. The Balaban J connectivity index is 1.97. The summed E-state index contributed by atoms with van der Waals surface area (Å²) in [6, 6.07) is 9.88. The number of thiocarbonyl (C=S) groups is 1. The molecule has 3 rings (SSSR count). The zero-order valence-corrected chi connectivity index (χ0v) is 13.1. The van der Waals surface area contributed by atoms with E-state index in [0.717, 1.165) is 6.07 Å². The Labute approximate surface area is 141 Å². The summed E-state index contributed by atoms with van der Waals surface area (Å²) < 4.78 is 26.9. The second-order valence-electron chi connectivity index (χ2n) is 4.75. The lowest BCUT2D eigenvalue weighted by atomic mass is 10.1. The van der Waals surface area contributed by atoms with Crippen LogP contribution >= 0.6 is 23.8 Å². The number of carbonyl (C=O) groups is 1. The molecule has 0 radical (unpaired) electrons. The summed E-state index contributed by atoms with van der Waals surface area (Å²) >= 11 is 10.9. The topological polar surface area (TPSA) is 32.3 Å². The van der Waals surface area contributed by atoms with Gasteiger partial charge in [-0.15, -0.1) is 0 Å². The number of amides is 1. The van der Waals surface area contributed by atoms with E-state index in [0.29, 0.717) is 5.69 Å². The third kappa shape index (κ3) is 2.95. The van der Waals surface area contributed by atoms with E-state index in [9.17, 15) is 13.6 Å². The SMILES string of the molecule is O=C1/C(=C/c2ccccc2F)NC(=S)N1c1ccc(F)c(Cl)c1. The smallest absolute Gasteiger partial charge is 0.281 e. The van der Waals surface area contributed by atoms with Gasteiger partial charge in [0, 0.05) is 5.56 Å². The number of hydrogen-bond acceptors (Lipinski definition) is 2. The first kappa shape index (κ1) is 15.6. The number of nitrogens with one attached hydrogen (secondary N) is 1. The van der Waals surface area contributed by atoms with Gasteiger partial charge in [0.05, 0.1) is 10.7 Å². The third-order valence-electron chi connectivity index (χ3n) is 3.24. The molecule has 3 nitrogen and oxygen atoms in total. The van der Waals surface area contributed by atoms with E-state index in [1.54, 1.807) is 12.1 Å². The zero-order valence-electron chi connectivity index (χ0n) is 11.5. The van der Waals surface area contributed by atoms with Crippen LogP contribution in [0.5, 0.6) is 0 Å². The van der Waals surface area contributed by atoms with Gasteiger partial charge >= 0.3 is 0 Å². The highest BCUT2D eigenvalue weighted by Gasteiger charge is 2.32. The van der Waals surface area contributed by atoms with Gasteiger partial charge in [-0.3, -0.25) is 9.69 Å². The molecule has 1 fully saturated rings. The molecule has 23 heavy (non-hydrogen) atoms. The maximum Gasteiger partial charge on any atom is 0.281 e. The summed E-state index contributed by atoms with van der Waals surface area (Å²) in [5.41, 5.74) is 0.710. The molecule has 0 unspecified atom stereocenters. The number of halogens is 3. The summed E-state index contributed by atoms with van der Waals surface area (Å²) in [6.07, 6.45) is 1.37. The number of hydrogen-bond donors (Lipinski definition) is 1. The van der Waals surface area contributed by atoms with Crippen LogP contribution in [0.4, 0.5) is 14.5 Å². The lowest BCUT2D eigenvalue weighted by molar-refractivity contribution is -0.113. The van der Waals surface area contributed by atoms with Gasteiger partial charge in [0.1, 0.15) is 17.3 Å². The van der Waals surface area contributed by atoms with Crippen molar-refractivity contribution < 1.29 is 13.6 Å².